The van der Waals surface area contributed by atoms with Crippen LogP contribution >= 0.6 is 0 Å². The Morgan fingerprint density at radius 2 is 1.65 bits per heavy atom. The molecule has 0 spiro atoms. The smallest absolute Gasteiger partial charge is 0.422 e. The molecule has 1 aliphatic heterocycles. The third-order valence-corrected chi connectivity index (χ3v) is 10.2. The first-order chi connectivity index (χ1) is 24.9. The number of aromatic nitrogens is 3. The lowest BCUT2D eigenvalue weighted by Gasteiger charge is -2.34. The highest BCUT2D eigenvalue weighted by Crippen LogP contribution is 2.29. The number of sulfonamides is 1. The van der Waals surface area contributed by atoms with E-state index < -0.39 is 22.8 Å². The molecule has 0 atom stereocenters. The van der Waals surface area contributed by atoms with Crippen LogP contribution in [-0.4, -0.2) is 77.6 Å². The lowest BCUT2D eigenvalue weighted by atomic mass is 10.2. The van der Waals surface area contributed by atoms with Crippen molar-refractivity contribution >= 4 is 43.3 Å². The number of anilines is 1. The fourth-order valence-electron chi connectivity index (χ4n) is 6.12. The molecular formula is C37H33F3N6O5S. The molecule has 7 rings (SSSR count). The number of nitrogens with one attached hydrogen (secondary N) is 1. The van der Waals surface area contributed by atoms with Crippen LogP contribution in [0.1, 0.15) is 16.1 Å². The Kier molecular flexibility index (Phi) is 9.46. The molecule has 1 aliphatic rings. The maximum Gasteiger partial charge on any atom is 0.422 e. The highest BCUT2D eigenvalue weighted by Gasteiger charge is 2.28. The number of carbonyl (C=O) groups excluding carboxylic acids is 1. The molecule has 3 aromatic carbocycles. The zero-order valence-electron chi connectivity index (χ0n) is 27.9. The van der Waals surface area contributed by atoms with Crippen LogP contribution in [0, 0.1) is 0 Å². The zero-order chi connectivity index (χ0) is 36.5. The average Bonchev–Trinajstić information content (AvgIpc) is 3.46. The van der Waals surface area contributed by atoms with E-state index in [0.29, 0.717) is 54.9 Å². The fourth-order valence-corrected chi connectivity index (χ4v) is 7.40. The molecule has 1 amide bonds. The number of alkyl halides is 3. The van der Waals surface area contributed by atoms with Crippen molar-refractivity contribution in [1.82, 2.24) is 24.3 Å². The molecule has 3 aromatic heterocycles. The summed E-state index contributed by atoms with van der Waals surface area (Å²) < 4.78 is 78.8. The molecule has 1 N–H and O–H groups in total. The van der Waals surface area contributed by atoms with Crippen molar-refractivity contribution in [3.8, 4) is 17.4 Å². The van der Waals surface area contributed by atoms with Crippen LogP contribution in [0.15, 0.2) is 108 Å². The van der Waals surface area contributed by atoms with Gasteiger partial charge in [0.2, 0.25) is 5.88 Å². The van der Waals surface area contributed by atoms with Crippen LogP contribution < -0.4 is 14.2 Å². The average molecular weight is 731 g/mol. The monoisotopic (exact) mass is 730 g/mol. The van der Waals surface area contributed by atoms with Crippen molar-refractivity contribution in [2.24, 2.45) is 7.05 Å². The SMILES string of the molecule is Cn1c(C(=O)N2CCN(Cc3ccc(OCC(F)(F)F)cc3)CC2)cc2ccc(Oc3ccc(NS(=O)(=O)c4cccc5cnccc45)cn3)cc21. The largest absolute Gasteiger partial charge is 0.484 e. The third kappa shape index (κ3) is 7.80. The maximum absolute atomic E-state index is 13.6. The van der Waals surface area contributed by atoms with Crippen molar-refractivity contribution in [2.45, 2.75) is 17.6 Å². The Labute approximate surface area is 297 Å². The van der Waals surface area contributed by atoms with E-state index in [1.807, 2.05) is 34.7 Å². The molecule has 1 fully saturated rings. The van der Waals surface area contributed by atoms with Crippen molar-refractivity contribution in [3.05, 3.63) is 115 Å². The fraction of sp³-hybridized carbons (Fsp3) is 0.216. The zero-order valence-corrected chi connectivity index (χ0v) is 28.7. The Hall–Kier alpha value is -5.67. The Balaban J connectivity index is 0.955. The Morgan fingerprint density at radius 1 is 0.885 bits per heavy atom. The van der Waals surface area contributed by atoms with Crippen molar-refractivity contribution in [3.63, 3.8) is 0 Å². The predicted molar refractivity (Wildman–Crippen MR) is 189 cm³/mol. The molecular weight excluding hydrogens is 698 g/mol. The lowest BCUT2D eigenvalue weighted by Crippen LogP contribution is -2.48. The van der Waals surface area contributed by atoms with Gasteiger partial charge in [-0.2, -0.15) is 13.2 Å². The number of piperazine rings is 1. The number of ether oxygens (including phenoxy) is 2. The van der Waals surface area contributed by atoms with Gasteiger partial charge < -0.3 is 18.9 Å². The number of carbonyl (C=O) groups is 1. The van der Waals surface area contributed by atoms with E-state index in [0.717, 1.165) is 16.5 Å². The van der Waals surface area contributed by atoms with Crippen molar-refractivity contribution in [1.29, 1.82) is 0 Å². The van der Waals surface area contributed by atoms with Gasteiger partial charge in [0.25, 0.3) is 15.9 Å². The van der Waals surface area contributed by atoms with Crippen LogP contribution in [0.4, 0.5) is 18.9 Å². The van der Waals surface area contributed by atoms with Gasteiger partial charge in [0, 0.05) is 80.5 Å². The molecule has 6 aromatic rings. The normalized spacial score (nSPS) is 14.1. The van der Waals surface area contributed by atoms with Crippen LogP contribution in [0.25, 0.3) is 21.7 Å². The second-order valence-corrected chi connectivity index (χ2v) is 14.0. The number of rotatable bonds is 10. The summed E-state index contributed by atoms with van der Waals surface area (Å²) in [6.07, 6.45) is 0.143. The number of fused-ring (bicyclic) bond motifs is 2. The first kappa shape index (κ1) is 34.8. The first-order valence-electron chi connectivity index (χ1n) is 16.3. The van der Waals surface area contributed by atoms with E-state index in [2.05, 4.69) is 19.6 Å². The van der Waals surface area contributed by atoms with Gasteiger partial charge in [-0.3, -0.25) is 19.4 Å². The number of hydrogen-bond donors (Lipinski definition) is 1. The van der Waals surface area contributed by atoms with Gasteiger partial charge in [0.05, 0.1) is 22.3 Å². The van der Waals surface area contributed by atoms with E-state index in [1.165, 1.54) is 24.4 Å². The van der Waals surface area contributed by atoms with Gasteiger partial charge in [-0.05, 0) is 54.1 Å². The van der Waals surface area contributed by atoms with Crippen LogP contribution in [-0.2, 0) is 23.6 Å². The van der Waals surface area contributed by atoms with E-state index in [-0.39, 0.29) is 28.1 Å². The van der Waals surface area contributed by atoms with Crippen LogP contribution in [0.5, 0.6) is 17.4 Å². The summed E-state index contributed by atoms with van der Waals surface area (Å²) in [6.45, 7) is 1.62. The maximum atomic E-state index is 13.6. The molecule has 0 unspecified atom stereocenters. The number of aryl methyl sites for hydroxylation is 1. The molecule has 0 saturated carbocycles. The predicted octanol–water partition coefficient (Wildman–Crippen LogP) is 6.61. The van der Waals surface area contributed by atoms with E-state index >= 15 is 0 Å². The minimum absolute atomic E-state index is 0.0909. The number of hydrogen-bond acceptors (Lipinski definition) is 8. The number of amides is 1. The summed E-state index contributed by atoms with van der Waals surface area (Å²) in [5.74, 6) is 0.821. The molecule has 0 bridgehead atoms. The van der Waals surface area contributed by atoms with Gasteiger partial charge in [0.15, 0.2) is 6.61 Å². The standard InChI is InChI=1S/C37H33F3N6O5S/c1-44-32-20-30(51-35-12-8-28(22-42-35)43-52(48,49)34-4-2-3-27-21-41-14-13-31(27)34)11-7-26(32)19-33(44)36(47)46-17-15-45(16-18-46)23-25-5-9-29(10-6-25)50-24-37(38,39)40/h2-14,19-22,43H,15-18,23-24H2,1H3. The summed E-state index contributed by atoms with van der Waals surface area (Å²) in [5.41, 5.74) is 2.54. The Morgan fingerprint density at radius 3 is 2.38 bits per heavy atom. The molecule has 52 heavy (non-hydrogen) atoms. The van der Waals surface area contributed by atoms with Gasteiger partial charge in [-0.15, -0.1) is 0 Å². The molecule has 1 saturated heterocycles. The second-order valence-electron chi connectivity index (χ2n) is 12.4. The van der Waals surface area contributed by atoms with Crippen molar-refractivity contribution in [2.75, 3.05) is 37.5 Å². The minimum Gasteiger partial charge on any atom is -0.484 e. The van der Waals surface area contributed by atoms with Gasteiger partial charge >= 0.3 is 6.18 Å². The van der Waals surface area contributed by atoms with Gasteiger partial charge in [-0.1, -0.05) is 24.3 Å². The number of halogens is 3. The van der Waals surface area contributed by atoms with Crippen LogP contribution in [0.3, 0.4) is 0 Å². The minimum atomic E-state index is -4.39. The summed E-state index contributed by atoms with van der Waals surface area (Å²) in [5, 5.41) is 2.13. The first-order valence-corrected chi connectivity index (χ1v) is 17.8. The Bertz CT molecular complexity index is 2340. The van der Waals surface area contributed by atoms with Crippen molar-refractivity contribution < 1.29 is 35.9 Å². The summed E-state index contributed by atoms with van der Waals surface area (Å²) in [7, 11) is -2.08. The number of nitrogens with zero attached hydrogens (tertiary/aromatic N) is 5. The van der Waals surface area contributed by atoms with Crippen LogP contribution in [0.2, 0.25) is 0 Å². The molecule has 15 heteroatoms. The van der Waals surface area contributed by atoms with E-state index in [9.17, 15) is 26.4 Å². The number of benzene rings is 3. The number of pyridine rings is 2. The summed E-state index contributed by atoms with van der Waals surface area (Å²) in [4.78, 5) is 26.1. The molecule has 268 valence electrons. The highest BCUT2D eigenvalue weighted by molar-refractivity contribution is 7.93. The highest BCUT2D eigenvalue weighted by atomic mass is 32.2. The summed E-state index contributed by atoms with van der Waals surface area (Å²) >= 11 is 0. The quantitative estimate of drug-likeness (QED) is 0.167. The molecule has 11 nitrogen and oxygen atoms in total. The van der Waals surface area contributed by atoms with E-state index in [1.54, 1.807) is 60.9 Å². The molecule has 4 heterocycles. The van der Waals surface area contributed by atoms with Gasteiger partial charge in [0.1, 0.15) is 17.2 Å². The summed E-state index contributed by atoms with van der Waals surface area (Å²) in [6, 6.07) is 23.6. The molecule has 0 aliphatic carbocycles. The van der Waals surface area contributed by atoms with E-state index in [4.69, 9.17) is 9.47 Å². The second kappa shape index (κ2) is 14.2. The topological polar surface area (TPSA) is 119 Å². The third-order valence-electron chi connectivity index (χ3n) is 8.77. The lowest BCUT2D eigenvalue weighted by molar-refractivity contribution is -0.153. The molecule has 0 radical (unpaired) electrons. The van der Waals surface area contributed by atoms with Gasteiger partial charge in [-0.25, -0.2) is 13.4 Å².